The largest absolute Gasteiger partial charge is 0.479 e. The summed E-state index contributed by atoms with van der Waals surface area (Å²) in [4.78, 5) is 30.7. The molecule has 0 fully saturated rings. The van der Waals surface area contributed by atoms with Crippen molar-refractivity contribution in [3.63, 3.8) is 0 Å². The second-order valence-corrected chi connectivity index (χ2v) is 5.24. The van der Waals surface area contributed by atoms with Gasteiger partial charge in [0.15, 0.2) is 6.10 Å². The molecule has 6 nitrogen and oxygen atoms in total. The SMILES string of the molecule is COC(=O)C(C)Oc1ccc(-c2nc3ccccc3c(=O)[nH]2)cc1. The van der Waals surface area contributed by atoms with E-state index < -0.39 is 12.1 Å². The Labute approximate surface area is 138 Å². The molecule has 1 aromatic heterocycles. The van der Waals surface area contributed by atoms with Crippen LogP contribution < -0.4 is 10.3 Å². The predicted molar refractivity (Wildman–Crippen MR) is 89.9 cm³/mol. The summed E-state index contributed by atoms with van der Waals surface area (Å²) >= 11 is 0. The summed E-state index contributed by atoms with van der Waals surface area (Å²) in [5, 5.41) is 0.549. The first kappa shape index (κ1) is 15.7. The van der Waals surface area contributed by atoms with Crippen LogP contribution in [0.1, 0.15) is 6.92 Å². The molecule has 0 saturated heterocycles. The maximum absolute atomic E-state index is 12.1. The molecule has 0 aliphatic carbocycles. The molecule has 3 rings (SSSR count). The lowest BCUT2D eigenvalue weighted by atomic mass is 10.2. The summed E-state index contributed by atoms with van der Waals surface area (Å²) in [5.74, 6) is 0.561. The van der Waals surface area contributed by atoms with Crippen LogP contribution in [0.5, 0.6) is 5.75 Å². The van der Waals surface area contributed by atoms with Crippen molar-refractivity contribution >= 4 is 16.9 Å². The second kappa shape index (κ2) is 6.54. The minimum atomic E-state index is -0.695. The van der Waals surface area contributed by atoms with E-state index in [1.807, 2.05) is 6.07 Å². The van der Waals surface area contributed by atoms with Crippen LogP contribution in [0.25, 0.3) is 22.3 Å². The Balaban J connectivity index is 1.88. The summed E-state index contributed by atoms with van der Waals surface area (Å²) in [7, 11) is 1.31. The first-order chi connectivity index (χ1) is 11.6. The van der Waals surface area contributed by atoms with E-state index in [4.69, 9.17) is 4.74 Å². The molecule has 122 valence electrons. The third kappa shape index (κ3) is 3.12. The predicted octanol–water partition coefficient (Wildman–Crippen LogP) is 2.53. The number of ether oxygens (including phenoxy) is 2. The van der Waals surface area contributed by atoms with Crippen molar-refractivity contribution in [1.82, 2.24) is 9.97 Å². The lowest BCUT2D eigenvalue weighted by molar-refractivity contribution is -0.147. The fourth-order valence-corrected chi connectivity index (χ4v) is 2.33. The maximum atomic E-state index is 12.1. The molecule has 0 aliphatic heterocycles. The van der Waals surface area contributed by atoms with Crippen molar-refractivity contribution in [3.8, 4) is 17.1 Å². The number of hydrogen-bond donors (Lipinski definition) is 1. The smallest absolute Gasteiger partial charge is 0.346 e. The van der Waals surface area contributed by atoms with Gasteiger partial charge in [-0.25, -0.2) is 9.78 Å². The first-order valence-electron chi connectivity index (χ1n) is 7.42. The van der Waals surface area contributed by atoms with Crippen molar-refractivity contribution in [2.75, 3.05) is 7.11 Å². The van der Waals surface area contributed by atoms with E-state index in [2.05, 4.69) is 14.7 Å². The number of para-hydroxylation sites is 1. The molecule has 1 unspecified atom stereocenters. The van der Waals surface area contributed by atoms with Crippen molar-refractivity contribution < 1.29 is 14.3 Å². The van der Waals surface area contributed by atoms with Crippen LogP contribution >= 0.6 is 0 Å². The molecule has 0 radical (unpaired) electrons. The molecule has 1 heterocycles. The quantitative estimate of drug-likeness (QED) is 0.746. The lowest BCUT2D eigenvalue weighted by Crippen LogP contribution is -2.24. The maximum Gasteiger partial charge on any atom is 0.346 e. The molecule has 6 heteroatoms. The van der Waals surface area contributed by atoms with Crippen molar-refractivity contribution in [2.24, 2.45) is 0 Å². The van der Waals surface area contributed by atoms with Gasteiger partial charge >= 0.3 is 5.97 Å². The fraction of sp³-hybridized carbons (Fsp3) is 0.167. The molecular weight excluding hydrogens is 308 g/mol. The van der Waals surface area contributed by atoms with Crippen molar-refractivity contribution in [2.45, 2.75) is 13.0 Å². The Kier molecular flexibility index (Phi) is 4.29. The summed E-state index contributed by atoms with van der Waals surface area (Å²) in [5.41, 5.74) is 1.20. The van der Waals surface area contributed by atoms with E-state index in [1.165, 1.54) is 7.11 Å². The van der Waals surface area contributed by atoms with Crippen molar-refractivity contribution in [1.29, 1.82) is 0 Å². The van der Waals surface area contributed by atoms with Gasteiger partial charge in [-0.1, -0.05) is 12.1 Å². The topological polar surface area (TPSA) is 81.3 Å². The van der Waals surface area contributed by atoms with Crippen LogP contribution in [0.15, 0.2) is 53.3 Å². The van der Waals surface area contributed by atoms with E-state index in [1.54, 1.807) is 49.4 Å². The summed E-state index contributed by atoms with van der Waals surface area (Å²) in [6.07, 6.45) is -0.695. The van der Waals surface area contributed by atoms with Gasteiger partial charge < -0.3 is 14.5 Å². The fourth-order valence-electron chi connectivity index (χ4n) is 2.33. The number of H-pyrrole nitrogens is 1. The van der Waals surface area contributed by atoms with Gasteiger partial charge in [0.05, 0.1) is 18.0 Å². The van der Waals surface area contributed by atoms with Gasteiger partial charge in [-0.2, -0.15) is 0 Å². The van der Waals surface area contributed by atoms with E-state index in [-0.39, 0.29) is 5.56 Å². The van der Waals surface area contributed by atoms with Gasteiger partial charge in [-0.3, -0.25) is 4.79 Å². The zero-order valence-electron chi connectivity index (χ0n) is 13.3. The Morgan fingerprint density at radius 1 is 1.12 bits per heavy atom. The van der Waals surface area contributed by atoms with Gasteiger partial charge in [0.2, 0.25) is 0 Å². The average Bonchev–Trinajstić information content (AvgIpc) is 2.61. The van der Waals surface area contributed by atoms with E-state index in [0.717, 1.165) is 5.56 Å². The Morgan fingerprint density at radius 3 is 2.54 bits per heavy atom. The number of hydrogen-bond acceptors (Lipinski definition) is 5. The molecule has 24 heavy (non-hydrogen) atoms. The minimum absolute atomic E-state index is 0.185. The number of fused-ring (bicyclic) bond motifs is 1. The molecule has 0 spiro atoms. The van der Waals surface area contributed by atoms with Crippen LogP contribution in [0.2, 0.25) is 0 Å². The molecule has 1 N–H and O–H groups in total. The van der Waals surface area contributed by atoms with Gasteiger partial charge in [0.25, 0.3) is 5.56 Å². The Bertz CT molecular complexity index is 932. The van der Waals surface area contributed by atoms with Crippen LogP contribution in [0, 0.1) is 0 Å². The summed E-state index contributed by atoms with van der Waals surface area (Å²) in [6.45, 7) is 1.61. The van der Waals surface area contributed by atoms with Crippen LogP contribution in [0.4, 0.5) is 0 Å². The third-order valence-corrected chi connectivity index (χ3v) is 3.59. The van der Waals surface area contributed by atoms with Crippen LogP contribution in [-0.4, -0.2) is 29.2 Å². The van der Waals surface area contributed by atoms with Crippen molar-refractivity contribution in [3.05, 3.63) is 58.9 Å². The highest BCUT2D eigenvalue weighted by Crippen LogP contribution is 2.21. The highest BCUT2D eigenvalue weighted by Gasteiger charge is 2.14. The second-order valence-electron chi connectivity index (χ2n) is 5.24. The lowest BCUT2D eigenvalue weighted by Gasteiger charge is -2.12. The highest BCUT2D eigenvalue weighted by molar-refractivity contribution is 5.79. The zero-order chi connectivity index (χ0) is 17.1. The third-order valence-electron chi connectivity index (χ3n) is 3.59. The molecule has 0 amide bonds. The number of nitrogens with zero attached hydrogens (tertiary/aromatic N) is 1. The monoisotopic (exact) mass is 324 g/mol. The number of nitrogens with one attached hydrogen (secondary N) is 1. The summed E-state index contributed by atoms with van der Waals surface area (Å²) in [6, 6.07) is 14.1. The van der Waals surface area contributed by atoms with E-state index in [0.29, 0.717) is 22.5 Å². The molecule has 3 aromatic rings. The number of rotatable bonds is 4. The number of carbonyl (C=O) groups is 1. The molecule has 1 atom stereocenters. The number of aromatic amines is 1. The minimum Gasteiger partial charge on any atom is -0.479 e. The molecule has 0 bridgehead atoms. The first-order valence-corrected chi connectivity index (χ1v) is 7.42. The summed E-state index contributed by atoms with van der Waals surface area (Å²) < 4.78 is 10.1. The average molecular weight is 324 g/mol. The highest BCUT2D eigenvalue weighted by atomic mass is 16.6. The van der Waals surface area contributed by atoms with Gasteiger partial charge in [0, 0.05) is 5.56 Å². The standard InChI is InChI=1S/C18H16N2O4/c1-11(18(22)23-2)24-13-9-7-12(8-10-13)16-19-15-6-4-3-5-14(15)17(21)20-16/h3-11H,1-2H3,(H,19,20,21). The molecule has 2 aromatic carbocycles. The van der Waals surface area contributed by atoms with Gasteiger partial charge in [-0.15, -0.1) is 0 Å². The van der Waals surface area contributed by atoms with Crippen LogP contribution in [-0.2, 0) is 9.53 Å². The normalized spacial score (nSPS) is 11.9. The number of methoxy groups -OCH3 is 1. The molecular formula is C18H16N2O4. The van der Waals surface area contributed by atoms with Gasteiger partial charge in [0.1, 0.15) is 11.6 Å². The number of benzene rings is 2. The zero-order valence-corrected chi connectivity index (χ0v) is 13.3. The van der Waals surface area contributed by atoms with E-state index in [9.17, 15) is 9.59 Å². The molecule has 0 aliphatic rings. The number of carbonyl (C=O) groups excluding carboxylic acids is 1. The van der Waals surface area contributed by atoms with Gasteiger partial charge in [-0.05, 0) is 43.3 Å². The van der Waals surface area contributed by atoms with E-state index >= 15 is 0 Å². The number of aromatic nitrogens is 2. The van der Waals surface area contributed by atoms with Crippen LogP contribution in [0.3, 0.4) is 0 Å². The molecule has 0 saturated carbocycles. The number of esters is 1. The Hall–Kier alpha value is -3.15. The Morgan fingerprint density at radius 2 is 1.83 bits per heavy atom.